The average molecular weight is 420 g/mol. The highest BCUT2D eigenvalue weighted by molar-refractivity contribution is 5.82. The maximum absolute atomic E-state index is 11.9. The first kappa shape index (κ1) is 26.6. The van der Waals surface area contributed by atoms with E-state index in [9.17, 15) is 24.3 Å². The van der Waals surface area contributed by atoms with Crippen molar-refractivity contribution in [2.24, 2.45) is 0 Å². The summed E-state index contributed by atoms with van der Waals surface area (Å²) in [6, 6.07) is -1.95. The largest absolute Gasteiger partial charge is 0.481 e. The van der Waals surface area contributed by atoms with Crippen molar-refractivity contribution in [3.8, 4) is 0 Å². The maximum Gasteiger partial charge on any atom is 0.326 e. The number of urea groups is 1. The van der Waals surface area contributed by atoms with Crippen LogP contribution in [0.3, 0.4) is 0 Å². The molecule has 0 bridgehead atoms. The highest BCUT2D eigenvalue weighted by Gasteiger charge is 2.21. The molecule has 0 fully saturated rings. The molecule has 0 radical (unpaired) electrons. The number of carboxylic acid groups (broad SMARTS) is 2. The van der Waals surface area contributed by atoms with Gasteiger partial charge in [0.25, 0.3) is 6.47 Å². The first-order chi connectivity index (χ1) is 13.9. The minimum Gasteiger partial charge on any atom is -0.481 e. The van der Waals surface area contributed by atoms with Crippen LogP contribution in [0.2, 0.25) is 0 Å². The lowest BCUT2D eigenvalue weighted by atomic mass is 10.1. The maximum atomic E-state index is 11.9. The van der Waals surface area contributed by atoms with E-state index in [0.717, 1.165) is 25.7 Å². The number of amides is 2. The number of hydrogen-bond acceptors (Lipinski definition) is 7. The number of rotatable bonds is 19. The van der Waals surface area contributed by atoms with Gasteiger partial charge in [0.15, 0.2) is 6.23 Å². The Kier molecular flexibility index (Phi) is 16.2. The van der Waals surface area contributed by atoms with Crippen LogP contribution in [-0.2, 0) is 28.6 Å². The third-order valence-electron chi connectivity index (χ3n) is 3.90. The smallest absolute Gasteiger partial charge is 0.326 e. The predicted molar refractivity (Wildman–Crippen MR) is 101 cm³/mol. The number of aliphatic carboxylic acids is 2. The Bertz CT molecular complexity index is 488. The summed E-state index contributed by atoms with van der Waals surface area (Å²) in [7, 11) is 1.64. The van der Waals surface area contributed by atoms with E-state index in [0.29, 0.717) is 26.2 Å². The van der Waals surface area contributed by atoms with Gasteiger partial charge in [0.1, 0.15) is 6.04 Å². The molecule has 2 atom stereocenters. The fourth-order valence-electron chi connectivity index (χ4n) is 2.41. The summed E-state index contributed by atoms with van der Waals surface area (Å²) in [6.45, 7) is 2.04. The van der Waals surface area contributed by atoms with Crippen molar-refractivity contribution in [1.29, 1.82) is 0 Å². The summed E-state index contributed by atoms with van der Waals surface area (Å²) < 4.78 is 14.9. The van der Waals surface area contributed by atoms with Crippen LogP contribution >= 0.6 is 0 Å². The van der Waals surface area contributed by atoms with Crippen LogP contribution in [0, 0.1) is 0 Å². The van der Waals surface area contributed by atoms with E-state index >= 15 is 0 Å². The lowest BCUT2D eigenvalue weighted by Crippen LogP contribution is -2.49. The van der Waals surface area contributed by atoms with Gasteiger partial charge in [-0.25, -0.2) is 9.59 Å². The van der Waals surface area contributed by atoms with Gasteiger partial charge in [0.05, 0.1) is 6.42 Å². The monoisotopic (exact) mass is 420 g/mol. The molecule has 0 aliphatic rings. The van der Waals surface area contributed by atoms with E-state index in [1.165, 1.54) is 0 Å². The van der Waals surface area contributed by atoms with E-state index in [1.54, 1.807) is 7.11 Å². The Morgan fingerprint density at radius 2 is 1.62 bits per heavy atom. The molecule has 2 unspecified atom stereocenters. The lowest BCUT2D eigenvalue weighted by molar-refractivity contribution is -0.141. The number of nitrogens with one attached hydrogen (secondary N) is 2. The second-order valence-corrected chi connectivity index (χ2v) is 6.32. The Morgan fingerprint density at radius 1 is 0.931 bits per heavy atom. The third kappa shape index (κ3) is 16.3. The van der Waals surface area contributed by atoms with Crippen molar-refractivity contribution in [2.45, 2.75) is 63.6 Å². The van der Waals surface area contributed by atoms with Gasteiger partial charge in [-0.15, -0.1) is 0 Å². The number of methoxy groups -OCH3 is 1. The number of carbonyl (C=O) groups is 4. The van der Waals surface area contributed by atoms with Crippen LogP contribution in [0.4, 0.5) is 4.79 Å². The van der Waals surface area contributed by atoms with Gasteiger partial charge in [0, 0.05) is 33.4 Å². The van der Waals surface area contributed by atoms with Crippen LogP contribution in [0.25, 0.3) is 0 Å². The normalized spacial score (nSPS) is 12.6. The van der Waals surface area contributed by atoms with Crippen LogP contribution in [-0.4, -0.2) is 73.9 Å². The molecule has 0 saturated heterocycles. The standard InChI is InChI=1S/C18H32N2O9/c1-27-10-6-12-28-11-5-3-2-4-7-14(17(24)25)19-18(26)20-15(29-13-21)8-9-16(22)23/h13-15H,2-12H2,1H3,(H,22,23)(H,24,25)(H2,19,20,26). The SMILES string of the molecule is COCCCOCCCCCCC(NC(=O)NC(CCC(=O)O)OC=O)C(=O)O. The molecule has 0 heterocycles. The second kappa shape index (κ2) is 17.7. The molecular weight excluding hydrogens is 388 g/mol. The van der Waals surface area contributed by atoms with E-state index in [-0.39, 0.29) is 25.7 Å². The molecule has 0 spiro atoms. The van der Waals surface area contributed by atoms with Crippen molar-refractivity contribution in [3.63, 3.8) is 0 Å². The van der Waals surface area contributed by atoms with Gasteiger partial charge < -0.3 is 35.1 Å². The quantitative estimate of drug-likeness (QED) is 0.136. The van der Waals surface area contributed by atoms with Crippen molar-refractivity contribution in [2.75, 3.05) is 26.9 Å². The molecule has 0 aromatic rings. The Balaban J connectivity index is 4.08. The molecule has 0 aromatic carbocycles. The Morgan fingerprint density at radius 3 is 2.24 bits per heavy atom. The highest BCUT2D eigenvalue weighted by Crippen LogP contribution is 2.07. The van der Waals surface area contributed by atoms with Gasteiger partial charge in [-0.2, -0.15) is 0 Å². The van der Waals surface area contributed by atoms with Crippen molar-refractivity contribution in [3.05, 3.63) is 0 Å². The third-order valence-corrected chi connectivity index (χ3v) is 3.90. The molecular formula is C18H32N2O9. The van der Waals surface area contributed by atoms with Crippen LogP contribution in [0.1, 0.15) is 51.4 Å². The van der Waals surface area contributed by atoms with Crippen LogP contribution in [0.5, 0.6) is 0 Å². The number of ether oxygens (including phenoxy) is 3. The topological polar surface area (TPSA) is 160 Å². The first-order valence-corrected chi connectivity index (χ1v) is 9.58. The van der Waals surface area contributed by atoms with Crippen LogP contribution in [0.15, 0.2) is 0 Å². The zero-order valence-corrected chi connectivity index (χ0v) is 16.8. The molecule has 11 heteroatoms. The fourth-order valence-corrected chi connectivity index (χ4v) is 2.41. The highest BCUT2D eigenvalue weighted by atomic mass is 16.5. The van der Waals surface area contributed by atoms with E-state index < -0.39 is 30.2 Å². The number of unbranched alkanes of at least 4 members (excludes halogenated alkanes) is 3. The molecule has 0 aliphatic carbocycles. The van der Waals surface area contributed by atoms with Gasteiger partial charge >= 0.3 is 18.0 Å². The van der Waals surface area contributed by atoms with Gasteiger partial charge in [-0.1, -0.05) is 19.3 Å². The van der Waals surface area contributed by atoms with Crippen molar-refractivity contribution in [1.82, 2.24) is 10.6 Å². The first-order valence-electron chi connectivity index (χ1n) is 9.58. The summed E-state index contributed by atoms with van der Waals surface area (Å²) in [6.07, 6.45) is 2.63. The zero-order valence-electron chi connectivity index (χ0n) is 16.8. The van der Waals surface area contributed by atoms with E-state index in [2.05, 4.69) is 15.4 Å². The fraction of sp³-hybridized carbons (Fsp3) is 0.778. The zero-order chi connectivity index (χ0) is 21.9. The van der Waals surface area contributed by atoms with Crippen molar-refractivity contribution < 1.29 is 43.6 Å². The van der Waals surface area contributed by atoms with E-state index in [4.69, 9.17) is 14.6 Å². The molecule has 29 heavy (non-hydrogen) atoms. The predicted octanol–water partition coefficient (Wildman–Crippen LogP) is 1.11. The summed E-state index contributed by atoms with van der Waals surface area (Å²) in [5, 5.41) is 22.4. The Hall–Kier alpha value is -2.40. The van der Waals surface area contributed by atoms with Gasteiger partial charge in [-0.05, 0) is 19.3 Å². The minimum atomic E-state index is -1.18. The molecule has 0 rings (SSSR count). The van der Waals surface area contributed by atoms with Gasteiger partial charge in [-0.3, -0.25) is 9.59 Å². The molecule has 0 saturated carbocycles. The summed E-state index contributed by atoms with van der Waals surface area (Å²) in [4.78, 5) is 44.2. The molecule has 0 aromatic heterocycles. The summed E-state index contributed by atoms with van der Waals surface area (Å²) in [5.41, 5.74) is 0. The lowest BCUT2D eigenvalue weighted by Gasteiger charge is -2.19. The molecule has 4 N–H and O–H groups in total. The van der Waals surface area contributed by atoms with Gasteiger partial charge in [0.2, 0.25) is 0 Å². The summed E-state index contributed by atoms with van der Waals surface area (Å²) >= 11 is 0. The Labute approximate surface area is 170 Å². The van der Waals surface area contributed by atoms with Crippen molar-refractivity contribution >= 4 is 24.4 Å². The summed E-state index contributed by atoms with van der Waals surface area (Å²) in [5.74, 6) is -2.30. The number of carboxylic acids is 2. The molecule has 11 nitrogen and oxygen atoms in total. The number of carbonyl (C=O) groups excluding carboxylic acids is 2. The molecule has 0 aliphatic heterocycles. The second-order valence-electron chi connectivity index (χ2n) is 6.32. The minimum absolute atomic E-state index is 0.0861. The van der Waals surface area contributed by atoms with E-state index in [1.807, 2.05) is 0 Å². The molecule has 168 valence electrons. The average Bonchev–Trinajstić information content (AvgIpc) is 2.66. The number of hydrogen-bond donors (Lipinski definition) is 4. The molecule has 2 amide bonds. The van der Waals surface area contributed by atoms with Crippen LogP contribution < -0.4 is 10.6 Å².